The fourth-order valence-corrected chi connectivity index (χ4v) is 1.57. The van der Waals surface area contributed by atoms with E-state index in [4.69, 9.17) is 11.6 Å². The van der Waals surface area contributed by atoms with Gasteiger partial charge < -0.3 is 0 Å². The molecule has 5 heteroatoms. The van der Waals surface area contributed by atoms with Gasteiger partial charge in [0.1, 0.15) is 12.4 Å². The first-order chi connectivity index (χ1) is 7.74. The summed E-state index contributed by atoms with van der Waals surface area (Å²) < 4.78 is 0. The number of amidine groups is 1. The summed E-state index contributed by atoms with van der Waals surface area (Å²) in [4.78, 5) is 14.9. The van der Waals surface area contributed by atoms with E-state index in [2.05, 4.69) is 15.8 Å². The van der Waals surface area contributed by atoms with Crippen molar-refractivity contribution in [3.63, 3.8) is 0 Å². The highest BCUT2D eigenvalue weighted by Gasteiger charge is 2.09. The van der Waals surface area contributed by atoms with E-state index in [0.29, 0.717) is 0 Å². The highest BCUT2D eigenvalue weighted by atomic mass is 35.5. The predicted octanol–water partition coefficient (Wildman–Crippen LogP) is 1.31. The van der Waals surface area contributed by atoms with Gasteiger partial charge in [-0.15, -0.1) is 0 Å². The maximum absolute atomic E-state index is 10.8. The van der Waals surface area contributed by atoms with Crippen molar-refractivity contribution >= 4 is 23.3 Å². The van der Waals surface area contributed by atoms with Crippen LogP contribution in [0.5, 0.6) is 0 Å². The molecule has 1 aromatic carbocycles. The number of aryl methyl sites for hydroxylation is 1. The second-order valence-electron chi connectivity index (χ2n) is 3.56. The Morgan fingerprint density at radius 2 is 1.94 bits per heavy atom. The molecule has 2 N–H and O–H groups in total. The Kier molecular flexibility index (Phi) is 3.41. The second-order valence-corrected chi connectivity index (χ2v) is 4.00. The van der Waals surface area contributed by atoms with Crippen LogP contribution in [-0.2, 0) is 11.2 Å². The molecule has 0 aliphatic carbocycles. The summed E-state index contributed by atoms with van der Waals surface area (Å²) in [6, 6.07) is 7.72. The summed E-state index contributed by atoms with van der Waals surface area (Å²) in [5.41, 5.74) is 6.51. The average molecular weight is 238 g/mol. The van der Waals surface area contributed by atoms with Crippen molar-refractivity contribution in [2.45, 2.75) is 12.8 Å². The van der Waals surface area contributed by atoms with Crippen LogP contribution in [0.2, 0.25) is 5.02 Å². The van der Waals surface area contributed by atoms with Gasteiger partial charge in [-0.2, -0.15) is 0 Å². The Labute approximate surface area is 98.7 Å². The van der Waals surface area contributed by atoms with Crippen molar-refractivity contribution in [3.8, 4) is 0 Å². The molecule has 0 saturated heterocycles. The van der Waals surface area contributed by atoms with Crippen molar-refractivity contribution in [1.82, 2.24) is 10.9 Å². The van der Waals surface area contributed by atoms with Gasteiger partial charge in [0.2, 0.25) is 0 Å². The number of aliphatic imine (C=N–C) groups is 1. The van der Waals surface area contributed by atoms with Gasteiger partial charge in [0, 0.05) is 11.4 Å². The Hall–Kier alpha value is -1.55. The molecular formula is C11H12ClN3O. The van der Waals surface area contributed by atoms with Gasteiger partial charge in [0.25, 0.3) is 5.91 Å². The minimum atomic E-state index is -0.102. The Bertz CT molecular complexity index is 414. The van der Waals surface area contributed by atoms with Crippen LogP contribution in [0.1, 0.15) is 12.0 Å². The van der Waals surface area contributed by atoms with Crippen LogP contribution in [0.25, 0.3) is 0 Å². The molecule has 1 aromatic rings. The van der Waals surface area contributed by atoms with Crippen LogP contribution in [0.15, 0.2) is 29.3 Å². The largest absolute Gasteiger partial charge is 0.286 e. The zero-order valence-electron chi connectivity index (χ0n) is 8.66. The zero-order valence-corrected chi connectivity index (χ0v) is 9.42. The van der Waals surface area contributed by atoms with E-state index >= 15 is 0 Å². The summed E-state index contributed by atoms with van der Waals surface area (Å²) >= 11 is 5.79. The maximum Gasteiger partial charge on any atom is 0.260 e. The van der Waals surface area contributed by atoms with Gasteiger partial charge in [0.15, 0.2) is 0 Å². The lowest BCUT2D eigenvalue weighted by Crippen LogP contribution is -2.47. The molecule has 1 heterocycles. The molecule has 1 amide bonds. The van der Waals surface area contributed by atoms with E-state index in [1.165, 1.54) is 5.56 Å². The molecule has 0 fully saturated rings. The van der Waals surface area contributed by atoms with E-state index < -0.39 is 0 Å². The third-order valence-corrected chi connectivity index (χ3v) is 2.58. The number of hydrogen-bond acceptors (Lipinski definition) is 3. The zero-order chi connectivity index (χ0) is 11.4. The molecule has 0 unspecified atom stereocenters. The smallest absolute Gasteiger partial charge is 0.260 e. The van der Waals surface area contributed by atoms with Crippen molar-refractivity contribution in [2.24, 2.45) is 4.99 Å². The van der Waals surface area contributed by atoms with E-state index in [9.17, 15) is 4.79 Å². The highest BCUT2D eigenvalue weighted by molar-refractivity contribution is 6.30. The Balaban J connectivity index is 1.88. The van der Waals surface area contributed by atoms with Gasteiger partial charge in [0.05, 0.1) is 0 Å². The predicted molar refractivity (Wildman–Crippen MR) is 63.4 cm³/mol. The van der Waals surface area contributed by atoms with Crippen LogP contribution in [0.3, 0.4) is 0 Å². The fourth-order valence-electron chi connectivity index (χ4n) is 1.44. The molecule has 84 valence electrons. The first kappa shape index (κ1) is 11.0. The van der Waals surface area contributed by atoms with E-state index in [-0.39, 0.29) is 12.5 Å². The molecule has 0 atom stereocenters. The number of halogens is 1. The number of carbonyl (C=O) groups is 1. The number of rotatable bonds is 3. The normalized spacial score (nSPS) is 15.1. The van der Waals surface area contributed by atoms with Gasteiger partial charge in [-0.25, -0.2) is 0 Å². The van der Waals surface area contributed by atoms with Gasteiger partial charge in [-0.1, -0.05) is 23.7 Å². The summed E-state index contributed by atoms with van der Waals surface area (Å²) in [6.07, 6.45) is 1.65. The summed E-state index contributed by atoms with van der Waals surface area (Å²) in [7, 11) is 0. The van der Waals surface area contributed by atoms with E-state index in [1.807, 2.05) is 24.3 Å². The monoisotopic (exact) mass is 237 g/mol. The number of amides is 1. The number of benzene rings is 1. The molecule has 16 heavy (non-hydrogen) atoms. The molecule has 4 nitrogen and oxygen atoms in total. The lowest BCUT2D eigenvalue weighted by atomic mass is 10.1. The molecule has 1 aliphatic rings. The fraction of sp³-hybridized carbons (Fsp3) is 0.273. The molecular weight excluding hydrogens is 226 g/mol. The molecule has 1 aliphatic heterocycles. The Morgan fingerprint density at radius 1 is 1.19 bits per heavy atom. The van der Waals surface area contributed by atoms with Crippen LogP contribution in [0.4, 0.5) is 0 Å². The number of carbonyl (C=O) groups excluding carboxylic acids is 1. The molecule has 0 spiro atoms. The summed E-state index contributed by atoms with van der Waals surface area (Å²) in [5, 5.41) is 0.740. The maximum atomic E-state index is 10.8. The number of nitrogens with zero attached hydrogens (tertiary/aromatic N) is 1. The van der Waals surface area contributed by atoms with Crippen LogP contribution >= 0.6 is 11.6 Å². The molecule has 0 radical (unpaired) electrons. The minimum Gasteiger partial charge on any atom is -0.286 e. The lowest BCUT2D eigenvalue weighted by Gasteiger charge is -2.15. The van der Waals surface area contributed by atoms with Gasteiger partial charge >= 0.3 is 0 Å². The highest BCUT2D eigenvalue weighted by Crippen LogP contribution is 2.11. The minimum absolute atomic E-state index is 0.102. The summed E-state index contributed by atoms with van der Waals surface area (Å²) in [6.45, 7) is 0.211. The first-order valence-electron chi connectivity index (χ1n) is 5.06. The quantitative estimate of drug-likeness (QED) is 0.833. The van der Waals surface area contributed by atoms with Gasteiger partial charge in [-0.05, 0) is 24.1 Å². The molecule has 0 bridgehead atoms. The van der Waals surface area contributed by atoms with E-state index in [0.717, 1.165) is 23.7 Å². The number of nitrogens with one attached hydrogen (secondary N) is 2. The third kappa shape index (κ3) is 2.97. The molecule has 0 aromatic heterocycles. The molecule has 2 rings (SSSR count). The van der Waals surface area contributed by atoms with Crippen LogP contribution in [0, 0.1) is 0 Å². The number of hydrogen-bond donors (Lipinski definition) is 2. The lowest BCUT2D eigenvalue weighted by molar-refractivity contribution is -0.120. The third-order valence-electron chi connectivity index (χ3n) is 2.32. The van der Waals surface area contributed by atoms with Crippen LogP contribution < -0.4 is 10.9 Å². The second kappa shape index (κ2) is 4.99. The Morgan fingerprint density at radius 3 is 2.56 bits per heavy atom. The van der Waals surface area contributed by atoms with Crippen molar-refractivity contribution < 1.29 is 4.79 Å². The first-order valence-corrected chi connectivity index (χ1v) is 5.44. The van der Waals surface area contributed by atoms with E-state index in [1.54, 1.807) is 0 Å². The van der Waals surface area contributed by atoms with Crippen molar-refractivity contribution in [2.75, 3.05) is 6.54 Å². The van der Waals surface area contributed by atoms with Crippen molar-refractivity contribution in [1.29, 1.82) is 0 Å². The SMILES string of the molecule is O=C1CN=C(CCc2ccc(Cl)cc2)NN1. The van der Waals surface area contributed by atoms with Crippen LogP contribution in [-0.4, -0.2) is 18.3 Å². The number of hydrazine groups is 1. The summed E-state index contributed by atoms with van der Waals surface area (Å²) in [5.74, 6) is 0.713. The average Bonchev–Trinajstić information content (AvgIpc) is 2.30. The molecule has 0 saturated carbocycles. The standard InChI is InChI=1S/C11H12ClN3O/c12-9-4-1-8(2-5-9)3-6-10-13-7-11(16)15-14-10/h1-2,4-5H,3,6-7H2,(H,13,14)(H,15,16). The van der Waals surface area contributed by atoms with Gasteiger partial charge in [-0.3, -0.25) is 20.6 Å². The van der Waals surface area contributed by atoms with Crippen molar-refractivity contribution in [3.05, 3.63) is 34.9 Å². The topological polar surface area (TPSA) is 53.5 Å².